The molecule has 12 heavy (non-hydrogen) atoms. The smallest absolute Gasteiger partial charge is 0.227 e. The van der Waals surface area contributed by atoms with E-state index in [4.69, 9.17) is 10.8 Å². The molecule has 4 N–H and O–H groups in total. The van der Waals surface area contributed by atoms with Crippen molar-refractivity contribution in [2.24, 2.45) is 11.1 Å². The maximum atomic E-state index is 11.4. The van der Waals surface area contributed by atoms with Crippen LogP contribution < -0.4 is 11.1 Å². The molecule has 0 bridgehead atoms. The lowest BCUT2D eigenvalue weighted by atomic mass is 10.1. The van der Waals surface area contributed by atoms with Gasteiger partial charge in [-0.05, 0) is 19.8 Å². The van der Waals surface area contributed by atoms with Crippen molar-refractivity contribution in [1.29, 1.82) is 0 Å². The largest absolute Gasteiger partial charge is 0.392 e. The molecule has 0 aromatic heterocycles. The van der Waals surface area contributed by atoms with Gasteiger partial charge in [0.05, 0.1) is 11.5 Å². The SMILES string of the molecule is C[C@H](O)CNC(=O)C1(CN)CC1. The first-order valence-corrected chi connectivity index (χ1v) is 4.27. The number of carbonyl (C=O) groups is 1. The molecule has 0 aliphatic heterocycles. The van der Waals surface area contributed by atoms with Gasteiger partial charge in [0, 0.05) is 13.1 Å². The molecule has 70 valence electrons. The standard InChI is InChI=1S/C8H16N2O2/c1-6(11)4-10-7(12)8(5-9)2-3-8/h6,11H,2-5,9H2,1H3,(H,10,12)/t6-/m0/s1. The molecule has 0 aromatic rings. The molecule has 0 unspecified atom stereocenters. The van der Waals surface area contributed by atoms with Crippen molar-refractivity contribution in [3.63, 3.8) is 0 Å². The molecular formula is C8H16N2O2. The minimum atomic E-state index is -0.484. The average molecular weight is 172 g/mol. The Labute approximate surface area is 72.1 Å². The van der Waals surface area contributed by atoms with Gasteiger partial charge in [-0.25, -0.2) is 0 Å². The van der Waals surface area contributed by atoms with Crippen molar-refractivity contribution in [1.82, 2.24) is 5.32 Å². The number of carbonyl (C=O) groups excluding carboxylic acids is 1. The van der Waals surface area contributed by atoms with Gasteiger partial charge < -0.3 is 16.2 Å². The van der Waals surface area contributed by atoms with Crippen LogP contribution in [0.25, 0.3) is 0 Å². The number of hydrogen-bond donors (Lipinski definition) is 3. The van der Waals surface area contributed by atoms with E-state index in [0.29, 0.717) is 13.1 Å². The van der Waals surface area contributed by atoms with Crippen molar-refractivity contribution in [2.75, 3.05) is 13.1 Å². The Morgan fingerprint density at radius 3 is 2.67 bits per heavy atom. The highest BCUT2D eigenvalue weighted by molar-refractivity contribution is 5.85. The number of amides is 1. The summed E-state index contributed by atoms with van der Waals surface area (Å²) in [6, 6.07) is 0. The normalized spacial score (nSPS) is 21.6. The summed E-state index contributed by atoms with van der Waals surface area (Å²) in [4.78, 5) is 11.4. The van der Waals surface area contributed by atoms with Gasteiger partial charge in [-0.3, -0.25) is 4.79 Å². The van der Waals surface area contributed by atoms with Crippen LogP contribution in [0.5, 0.6) is 0 Å². The first kappa shape index (κ1) is 9.48. The van der Waals surface area contributed by atoms with E-state index in [1.165, 1.54) is 0 Å². The molecule has 0 aromatic carbocycles. The fourth-order valence-electron chi connectivity index (χ4n) is 1.10. The molecular weight excluding hydrogens is 156 g/mol. The highest BCUT2D eigenvalue weighted by atomic mass is 16.3. The Morgan fingerprint density at radius 1 is 1.75 bits per heavy atom. The van der Waals surface area contributed by atoms with E-state index in [1.807, 2.05) is 0 Å². The minimum absolute atomic E-state index is 0.00843. The first-order valence-electron chi connectivity index (χ1n) is 4.27. The molecule has 0 radical (unpaired) electrons. The van der Waals surface area contributed by atoms with Crippen LogP contribution in [-0.2, 0) is 4.79 Å². The Morgan fingerprint density at radius 2 is 2.33 bits per heavy atom. The second-order valence-electron chi connectivity index (χ2n) is 3.54. The Bertz CT molecular complexity index is 176. The second-order valence-corrected chi connectivity index (χ2v) is 3.54. The molecule has 1 saturated carbocycles. The summed E-state index contributed by atoms with van der Waals surface area (Å²) in [5.41, 5.74) is 5.16. The number of rotatable bonds is 4. The van der Waals surface area contributed by atoms with Gasteiger partial charge in [0.2, 0.25) is 5.91 Å². The van der Waals surface area contributed by atoms with Crippen LogP contribution >= 0.6 is 0 Å². The zero-order valence-electron chi connectivity index (χ0n) is 7.34. The Hall–Kier alpha value is -0.610. The summed E-state index contributed by atoms with van der Waals surface area (Å²) in [6.45, 7) is 2.38. The summed E-state index contributed by atoms with van der Waals surface area (Å²) in [5, 5.41) is 11.6. The summed E-state index contributed by atoms with van der Waals surface area (Å²) in [5.74, 6) is -0.00843. The molecule has 4 nitrogen and oxygen atoms in total. The molecule has 1 atom stereocenters. The second kappa shape index (κ2) is 3.41. The maximum absolute atomic E-state index is 11.4. The third-order valence-electron chi connectivity index (χ3n) is 2.28. The maximum Gasteiger partial charge on any atom is 0.227 e. The zero-order chi connectivity index (χ0) is 9.19. The van der Waals surface area contributed by atoms with Crippen molar-refractivity contribution < 1.29 is 9.90 Å². The third-order valence-corrected chi connectivity index (χ3v) is 2.28. The van der Waals surface area contributed by atoms with E-state index in [0.717, 1.165) is 12.8 Å². The Balaban J connectivity index is 2.29. The summed E-state index contributed by atoms with van der Waals surface area (Å²) < 4.78 is 0. The van der Waals surface area contributed by atoms with Crippen molar-refractivity contribution in [3.05, 3.63) is 0 Å². The number of aliphatic hydroxyl groups excluding tert-OH is 1. The van der Waals surface area contributed by atoms with Crippen molar-refractivity contribution in [2.45, 2.75) is 25.9 Å². The summed E-state index contributed by atoms with van der Waals surface area (Å²) >= 11 is 0. The zero-order valence-corrected chi connectivity index (χ0v) is 7.34. The van der Waals surface area contributed by atoms with Gasteiger partial charge in [0.15, 0.2) is 0 Å². The fourth-order valence-corrected chi connectivity index (χ4v) is 1.10. The predicted octanol–water partition coefficient (Wildman–Crippen LogP) is -0.778. The van der Waals surface area contributed by atoms with Crippen LogP contribution in [-0.4, -0.2) is 30.2 Å². The summed E-state index contributed by atoms with van der Waals surface area (Å²) in [7, 11) is 0. The first-order chi connectivity index (χ1) is 5.60. The number of nitrogens with two attached hydrogens (primary N) is 1. The number of nitrogens with one attached hydrogen (secondary N) is 1. The molecule has 1 aliphatic carbocycles. The highest BCUT2D eigenvalue weighted by Gasteiger charge is 2.48. The van der Waals surface area contributed by atoms with Crippen LogP contribution in [0.15, 0.2) is 0 Å². The van der Waals surface area contributed by atoms with Crippen LogP contribution in [0.4, 0.5) is 0 Å². The van der Waals surface area contributed by atoms with Crippen molar-refractivity contribution >= 4 is 5.91 Å². The summed E-state index contributed by atoms with van der Waals surface area (Å²) in [6.07, 6.45) is 1.28. The van der Waals surface area contributed by atoms with E-state index >= 15 is 0 Å². The van der Waals surface area contributed by atoms with Crippen LogP contribution in [0, 0.1) is 5.41 Å². The minimum Gasteiger partial charge on any atom is -0.392 e. The topological polar surface area (TPSA) is 75.3 Å². The molecule has 1 aliphatic rings. The lowest BCUT2D eigenvalue weighted by Crippen LogP contribution is -2.39. The van der Waals surface area contributed by atoms with Crippen molar-refractivity contribution in [3.8, 4) is 0 Å². The van der Waals surface area contributed by atoms with Crippen LogP contribution in [0.1, 0.15) is 19.8 Å². The number of aliphatic hydroxyl groups is 1. The fraction of sp³-hybridized carbons (Fsp3) is 0.875. The molecule has 4 heteroatoms. The number of hydrogen-bond acceptors (Lipinski definition) is 3. The molecule has 0 spiro atoms. The predicted molar refractivity (Wildman–Crippen MR) is 45.4 cm³/mol. The Kier molecular flexibility index (Phi) is 2.69. The monoisotopic (exact) mass is 172 g/mol. The molecule has 0 saturated heterocycles. The van der Waals surface area contributed by atoms with Gasteiger partial charge in [-0.2, -0.15) is 0 Å². The van der Waals surface area contributed by atoms with Gasteiger partial charge in [-0.15, -0.1) is 0 Å². The van der Waals surface area contributed by atoms with Gasteiger partial charge in [0.1, 0.15) is 0 Å². The van der Waals surface area contributed by atoms with E-state index < -0.39 is 6.10 Å². The van der Waals surface area contributed by atoms with E-state index in [2.05, 4.69) is 5.32 Å². The van der Waals surface area contributed by atoms with E-state index in [9.17, 15) is 4.79 Å². The molecule has 1 rings (SSSR count). The molecule has 1 amide bonds. The average Bonchev–Trinajstić information content (AvgIpc) is 2.80. The van der Waals surface area contributed by atoms with Gasteiger partial charge in [0.25, 0.3) is 0 Å². The molecule has 0 heterocycles. The third kappa shape index (κ3) is 1.95. The van der Waals surface area contributed by atoms with Crippen LogP contribution in [0.3, 0.4) is 0 Å². The van der Waals surface area contributed by atoms with Crippen LogP contribution in [0.2, 0.25) is 0 Å². The van der Waals surface area contributed by atoms with Gasteiger partial charge in [-0.1, -0.05) is 0 Å². The van der Waals surface area contributed by atoms with Gasteiger partial charge >= 0.3 is 0 Å². The lowest BCUT2D eigenvalue weighted by Gasteiger charge is -2.13. The highest BCUT2D eigenvalue weighted by Crippen LogP contribution is 2.44. The van der Waals surface area contributed by atoms with E-state index in [1.54, 1.807) is 6.92 Å². The molecule has 1 fully saturated rings. The lowest BCUT2D eigenvalue weighted by molar-refractivity contribution is -0.126. The quantitative estimate of drug-likeness (QED) is 0.521. The van der Waals surface area contributed by atoms with E-state index in [-0.39, 0.29) is 11.3 Å².